The van der Waals surface area contributed by atoms with Crippen molar-refractivity contribution in [3.05, 3.63) is 28.8 Å². The fraction of sp³-hybridized carbons (Fsp3) is 0.364. The Balaban J connectivity index is 3.01. The van der Waals surface area contributed by atoms with Crippen molar-refractivity contribution in [3.8, 4) is 5.75 Å². The Kier molecular flexibility index (Phi) is 4.58. The summed E-state index contributed by atoms with van der Waals surface area (Å²) >= 11 is 5.93. The van der Waals surface area contributed by atoms with Crippen LogP contribution >= 0.6 is 11.6 Å². The van der Waals surface area contributed by atoms with Crippen molar-refractivity contribution < 1.29 is 14.6 Å². The number of hydrogen-bond donors (Lipinski definition) is 2. The second kappa shape index (κ2) is 5.72. The summed E-state index contributed by atoms with van der Waals surface area (Å²) in [7, 11) is 1.51. The van der Waals surface area contributed by atoms with E-state index in [9.17, 15) is 4.79 Å². The standard InChI is InChI=1S/C11H14ClNO3/c1-16-10-3-2-7(6-9(10)12)8(4-5-13)11(14)15/h2-3,6,8H,4-5,13H2,1H3,(H,14,15). The molecule has 88 valence electrons. The minimum absolute atomic E-state index is 0.320. The zero-order chi connectivity index (χ0) is 12.1. The van der Waals surface area contributed by atoms with Gasteiger partial charge in [0.05, 0.1) is 18.1 Å². The molecule has 0 fully saturated rings. The van der Waals surface area contributed by atoms with Crippen LogP contribution in [0.4, 0.5) is 0 Å². The SMILES string of the molecule is COc1ccc(C(CCN)C(=O)O)cc1Cl. The first-order chi connectivity index (χ1) is 7.60. The van der Waals surface area contributed by atoms with Crippen LogP contribution in [0.5, 0.6) is 5.75 Å². The summed E-state index contributed by atoms with van der Waals surface area (Å²) in [6, 6.07) is 4.96. The highest BCUT2D eigenvalue weighted by Gasteiger charge is 2.19. The summed E-state index contributed by atoms with van der Waals surface area (Å²) < 4.78 is 5.00. The van der Waals surface area contributed by atoms with E-state index in [-0.39, 0.29) is 0 Å². The van der Waals surface area contributed by atoms with E-state index >= 15 is 0 Å². The van der Waals surface area contributed by atoms with Gasteiger partial charge in [0.1, 0.15) is 5.75 Å². The molecule has 0 bridgehead atoms. The van der Waals surface area contributed by atoms with Crippen LogP contribution in [0.25, 0.3) is 0 Å². The van der Waals surface area contributed by atoms with E-state index in [0.29, 0.717) is 29.3 Å². The van der Waals surface area contributed by atoms with Gasteiger partial charge >= 0.3 is 5.97 Å². The molecular formula is C11H14ClNO3. The van der Waals surface area contributed by atoms with Crippen molar-refractivity contribution in [1.29, 1.82) is 0 Å². The number of rotatable bonds is 5. The maximum Gasteiger partial charge on any atom is 0.311 e. The van der Waals surface area contributed by atoms with Crippen molar-refractivity contribution in [2.45, 2.75) is 12.3 Å². The van der Waals surface area contributed by atoms with Gasteiger partial charge in [-0.2, -0.15) is 0 Å². The molecular weight excluding hydrogens is 230 g/mol. The highest BCUT2D eigenvalue weighted by Crippen LogP contribution is 2.29. The molecule has 0 aliphatic carbocycles. The molecule has 0 saturated carbocycles. The number of benzene rings is 1. The Morgan fingerprint density at radius 1 is 1.62 bits per heavy atom. The number of nitrogens with two attached hydrogens (primary N) is 1. The van der Waals surface area contributed by atoms with Gasteiger partial charge in [-0.25, -0.2) is 0 Å². The molecule has 4 nitrogen and oxygen atoms in total. The van der Waals surface area contributed by atoms with E-state index in [2.05, 4.69) is 0 Å². The first kappa shape index (κ1) is 12.8. The first-order valence-electron chi connectivity index (χ1n) is 4.86. The average Bonchev–Trinajstić information content (AvgIpc) is 2.25. The Morgan fingerprint density at radius 3 is 2.75 bits per heavy atom. The van der Waals surface area contributed by atoms with Gasteiger partial charge in [0.2, 0.25) is 0 Å². The van der Waals surface area contributed by atoms with Crippen LogP contribution in [0.15, 0.2) is 18.2 Å². The normalized spacial score (nSPS) is 12.2. The Labute approximate surface area is 99.0 Å². The third-order valence-corrected chi connectivity index (χ3v) is 2.63. The fourth-order valence-electron chi connectivity index (χ4n) is 1.50. The number of halogens is 1. The van der Waals surface area contributed by atoms with Gasteiger partial charge in [0.15, 0.2) is 0 Å². The van der Waals surface area contributed by atoms with Crippen molar-refractivity contribution in [2.75, 3.05) is 13.7 Å². The summed E-state index contributed by atoms with van der Waals surface area (Å²) in [5.41, 5.74) is 6.02. The Bertz CT molecular complexity index is 381. The molecule has 0 aliphatic heterocycles. The van der Waals surface area contributed by atoms with Gasteiger partial charge in [0, 0.05) is 0 Å². The van der Waals surface area contributed by atoms with Crippen LogP contribution in [0.1, 0.15) is 17.9 Å². The van der Waals surface area contributed by atoms with E-state index in [4.69, 9.17) is 27.2 Å². The number of carbonyl (C=O) groups is 1. The van der Waals surface area contributed by atoms with Crippen LogP contribution in [0.3, 0.4) is 0 Å². The molecule has 1 rings (SSSR count). The molecule has 16 heavy (non-hydrogen) atoms. The Morgan fingerprint density at radius 2 is 2.31 bits per heavy atom. The molecule has 1 atom stereocenters. The zero-order valence-electron chi connectivity index (χ0n) is 8.94. The maximum absolute atomic E-state index is 11.0. The molecule has 0 aliphatic rings. The van der Waals surface area contributed by atoms with E-state index in [1.807, 2.05) is 0 Å². The summed E-state index contributed by atoms with van der Waals surface area (Å²) in [6.07, 6.45) is 0.387. The van der Waals surface area contributed by atoms with Crippen LogP contribution in [-0.2, 0) is 4.79 Å². The second-order valence-electron chi connectivity index (χ2n) is 3.36. The monoisotopic (exact) mass is 243 g/mol. The van der Waals surface area contributed by atoms with Crippen LogP contribution < -0.4 is 10.5 Å². The number of hydrogen-bond acceptors (Lipinski definition) is 3. The highest BCUT2D eigenvalue weighted by atomic mass is 35.5. The lowest BCUT2D eigenvalue weighted by molar-refractivity contribution is -0.138. The summed E-state index contributed by atoms with van der Waals surface area (Å²) in [4.78, 5) is 11.0. The van der Waals surface area contributed by atoms with Crippen LogP contribution in [0, 0.1) is 0 Å². The van der Waals surface area contributed by atoms with Gasteiger partial charge in [-0.1, -0.05) is 17.7 Å². The molecule has 0 aromatic heterocycles. The summed E-state index contributed by atoms with van der Waals surface area (Å²) in [6.45, 7) is 0.320. The van der Waals surface area contributed by atoms with Crippen LogP contribution in [0.2, 0.25) is 5.02 Å². The van der Waals surface area contributed by atoms with E-state index in [0.717, 1.165) is 0 Å². The van der Waals surface area contributed by atoms with Crippen molar-refractivity contribution >= 4 is 17.6 Å². The molecule has 5 heteroatoms. The summed E-state index contributed by atoms with van der Waals surface area (Å²) in [5.74, 6) is -0.984. The molecule has 1 aromatic rings. The topological polar surface area (TPSA) is 72.5 Å². The molecule has 0 heterocycles. The molecule has 0 saturated heterocycles. The number of methoxy groups -OCH3 is 1. The van der Waals surface area contributed by atoms with Gasteiger partial charge in [-0.05, 0) is 30.7 Å². The lowest BCUT2D eigenvalue weighted by atomic mass is 9.96. The lowest BCUT2D eigenvalue weighted by Crippen LogP contribution is -2.16. The lowest BCUT2D eigenvalue weighted by Gasteiger charge is -2.13. The predicted molar refractivity (Wildman–Crippen MR) is 62.1 cm³/mol. The number of ether oxygens (including phenoxy) is 1. The van der Waals surface area contributed by atoms with Crippen molar-refractivity contribution in [3.63, 3.8) is 0 Å². The highest BCUT2D eigenvalue weighted by molar-refractivity contribution is 6.32. The van der Waals surface area contributed by atoms with Crippen molar-refractivity contribution in [2.24, 2.45) is 5.73 Å². The zero-order valence-corrected chi connectivity index (χ0v) is 9.70. The quantitative estimate of drug-likeness (QED) is 0.828. The van der Waals surface area contributed by atoms with Gasteiger partial charge in [0.25, 0.3) is 0 Å². The first-order valence-corrected chi connectivity index (χ1v) is 5.24. The van der Waals surface area contributed by atoms with E-state index < -0.39 is 11.9 Å². The minimum atomic E-state index is -0.897. The second-order valence-corrected chi connectivity index (χ2v) is 3.77. The smallest absolute Gasteiger partial charge is 0.311 e. The number of aliphatic carboxylic acids is 1. The summed E-state index contributed by atoms with van der Waals surface area (Å²) in [5, 5.41) is 9.45. The van der Waals surface area contributed by atoms with Gasteiger partial charge in [-0.3, -0.25) is 4.79 Å². The molecule has 0 spiro atoms. The van der Waals surface area contributed by atoms with E-state index in [1.54, 1.807) is 18.2 Å². The third kappa shape index (κ3) is 2.87. The molecule has 1 unspecified atom stereocenters. The minimum Gasteiger partial charge on any atom is -0.495 e. The fourth-order valence-corrected chi connectivity index (χ4v) is 1.76. The average molecular weight is 244 g/mol. The van der Waals surface area contributed by atoms with Crippen molar-refractivity contribution in [1.82, 2.24) is 0 Å². The number of carboxylic acid groups (broad SMARTS) is 1. The Hall–Kier alpha value is -1.26. The van der Waals surface area contributed by atoms with Crippen LogP contribution in [-0.4, -0.2) is 24.7 Å². The van der Waals surface area contributed by atoms with E-state index in [1.165, 1.54) is 7.11 Å². The molecule has 0 radical (unpaired) electrons. The van der Waals surface area contributed by atoms with Gasteiger partial charge < -0.3 is 15.6 Å². The third-order valence-electron chi connectivity index (χ3n) is 2.33. The molecule has 3 N–H and O–H groups in total. The van der Waals surface area contributed by atoms with Gasteiger partial charge in [-0.15, -0.1) is 0 Å². The molecule has 1 aromatic carbocycles. The largest absolute Gasteiger partial charge is 0.495 e. The molecule has 0 amide bonds. The predicted octanol–water partition coefficient (Wildman–Crippen LogP) is 1.87. The number of carboxylic acids is 1. The maximum atomic E-state index is 11.0.